The van der Waals surface area contributed by atoms with Gasteiger partial charge in [0.25, 0.3) is 0 Å². The molecular weight excluding hydrogens is 294 g/mol. The van der Waals surface area contributed by atoms with Crippen LogP contribution in [-0.4, -0.2) is 16.5 Å². The van der Waals surface area contributed by atoms with E-state index in [0.29, 0.717) is 11.6 Å². The number of imidazole rings is 1. The lowest BCUT2D eigenvalue weighted by Crippen LogP contribution is -2.02. The van der Waals surface area contributed by atoms with Crippen molar-refractivity contribution in [3.8, 4) is 5.75 Å². The SMILES string of the molecule is COc1cc(Cl)c(C)cc1NCc1cn2ccsc2n1. The number of thiazole rings is 1. The predicted octanol–water partition coefficient (Wildman–Crippen LogP) is 3.98. The lowest BCUT2D eigenvalue weighted by Gasteiger charge is -2.12. The molecule has 2 heterocycles. The Hall–Kier alpha value is -1.72. The minimum atomic E-state index is 0.645. The molecule has 0 fully saturated rings. The van der Waals surface area contributed by atoms with Crippen LogP contribution in [-0.2, 0) is 6.54 Å². The highest BCUT2D eigenvalue weighted by Gasteiger charge is 2.08. The summed E-state index contributed by atoms with van der Waals surface area (Å²) in [5.41, 5.74) is 2.93. The van der Waals surface area contributed by atoms with Gasteiger partial charge in [-0.25, -0.2) is 4.98 Å². The highest BCUT2D eigenvalue weighted by atomic mass is 35.5. The van der Waals surface area contributed by atoms with Crippen LogP contribution in [0.2, 0.25) is 5.02 Å². The zero-order valence-electron chi connectivity index (χ0n) is 11.2. The van der Waals surface area contributed by atoms with Crippen LogP contribution in [0.25, 0.3) is 4.96 Å². The third-order valence-electron chi connectivity index (χ3n) is 3.08. The van der Waals surface area contributed by atoms with Crippen LogP contribution < -0.4 is 10.1 Å². The number of nitrogens with zero attached hydrogens (tertiary/aromatic N) is 2. The Balaban J connectivity index is 1.80. The maximum absolute atomic E-state index is 6.10. The molecule has 0 amide bonds. The fourth-order valence-electron chi connectivity index (χ4n) is 2.02. The highest BCUT2D eigenvalue weighted by molar-refractivity contribution is 7.15. The van der Waals surface area contributed by atoms with Crippen molar-refractivity contribution in [3.05, 3.63) is 46.2 Å². The van der Waals surface area contributed by atoms with E-state index in [-0.39, 0.29) is 0 Å². The second kappa shape index (κ2) is 5.34. The second-order valence-corrected chi connectivity index (χ2v) is 5.76. The van der Waals surface area contributed by atoms with Gasteiger partial charge in [0.2, 0.25) is 0 Å². The van der Waals surface area contributed by atoms with Crippen LogP contribution in [0.3, 0.4) is 0 Å². The van der Waals surface area contributed by atoms with Crippen LogP contribution in [0, 0.1) is 6.92 Å². The molecule has 0 aliphatic heterocycles. The fraction of sp³-hybridized carbons (Fsp3) is 0.214. The summed E-state index contributed by atoms with van der Waals surface area (Å²) < 4.78 is 7.36. The van der Waals surface area contributed by atoms with Gasteiger partial charge in [-0.05, 0) is 18.6 Å². The molecule has 0 unspecified atom stereocenters. The molecule has 3 aromatic rings. The number of rotatable bonds is 4. The third kappa shape index (κ3) is 2.46. The van der Waals surface area contributed by atoms with Gasteiger partial charge in [0.1, 0.15) is 5.75 Å². The van der Waals surface area contributed by atoms with Crippen LogP contribution in [0.15, 0.2) is 29.9 Å². The molecule has 6 heteroatoms. The predicted molar refractivity (Wildman–Crippen MR) is 83.1 cm³/mol. The topological polar surface area (TPSA) is 38.6 Å². The average Bonchev–Trinajstić information content (AvgIpc) is 3.00. The summed E-state index contributed by atoms with van der Waals surface area (Å²) in [6.07, 6.45) is 4.03. The van der Waals surface area contributed by atoms with Gasteiger partial charge in [0.05, 0.1) is 25.0 Å². The van der Waals surface area contributed by atoms with E-state index in [1.807, 2.05) is 41.2 Å². The van der Waals surface area contributed by atoms with E-state index in [1.165, 1.54) is 0 Å². The van der Waals surface area contributed by atoms with Gasteiger partial charge in [-0.15, -0.1) is 11.3 Å². The van der Waals surface area contributed by atoms with E-state index in [4.69, 9.17) is 16.3 Å². The molecule has 0 saturated heterocycles. The Morgan fingerprint density at radius 3 is 3.05 bits per heavy atom. The lowest BCUT2D eigenvalue weighted by atomic mass is 10.2. The third-order valence-corrected chi connectivity index (χ3v) is 4.26. The first-order valence-corrected chi connectivity index (χ1v) is 7.42. The van der Waals surface area contributed by atoms with E-state index >= 15 is 0 Å². The number of ether oxygens (including phenoxy) is 1. The quantitative estimate of drug-likeness (QED) is 0.792. The summed E-state index contributed by atoms with van der Waals surface area (Å²) in [5, 5.41) is 6.07. The molecule has 2 aromatic heterocycles. The zero-order valence-corrected chi connectivity index (χ0v) is 12.8. The number of fused-ring (bicyclic) bond motifs is 1. The van der Waals surface area contributed by atoms with Gasteiger partial charge in [-0.1, -0.05) is 11.6 Å². The van der Waals surface area contributed by atoms with Gasteiger partial charge in [0.15, 0.2) is 4.96 Å². The number of hydrogen-bond donors (Lipinski definition) is 1. The number of aromatic nitrogens is 2. The summed E-state index contributed by atoms with van der Waals surface area (Å²) in [5.74, 6) is 0.738. The number of hydrogen-bond acceptors (Lipinski definition) is 4. The standard InChI is InChI=1S/C14H14ClN3OS/c1-9-5-12(13(19-2)6-11(9)15)16-7-10-8-18-3-4-20-14(18)17-10/h3-6,8,16H,7H2,1-2H3. The summed E-state index contributed by atoms with van der Waals surface area (Å²) in [7, 11) is 1.64. The fourth-order valence-corrected chi connectivity index (χ4v) is 2.89. The summed E-state index contributed by atoms with van der Waals surface area (Å²) in [6, 6.07) is 3.81. The molecule has 0 bridgehead atoms. The molecule has 0 atom stereocenters. The first-order chi connectivity index (χ1) is 9.67. The van der Waals surface area contributed by atoms with E-state index in [9.17, 15) is 0 Å². The van der Waals surface area contributed by atoms with Crippen molar-refractivity contribution in [1.29, 1.82) is 0 Å². The minimum Gasteiger partial charge on any atom is -0.495 e. The number of anilines is 1. The smallest absolute Gasteiger partial charge is 0.193 e. The van der Waals surface area contributed by atoms with Crippen molar-refractivity contribution in [1.82, 2.24) is 9.38 Å². The number of benzene rings is 1. The van der Waals surface area contributed by atoms with Gasteiger partial charge in [0, 0.05) is 28.9 Å². The van der Waals surface area contributed by atoms with Crippen molar-refractivity contribution in [2.24, 2.45) is 0 Å². The summed E-state index contributed by atoms with van der Waals surface area (Å²) >= 11 is 7.72. The monoisotopic (exact) mass is 307 g/mol. The second-order valence-electron chi connectivity index (χ2n) is 4.48. The Kier molecular flexibility index (Phi) is 3.54. The molecule has 1 N–H and O–H groups in total. The maximum Gasteiger partial charge on any atom is 0.193 e. The molecule has 1 aromatic carbocycles. The first-order valence-electron chi connectivity index (χ1n) is 6.16. The molecule has 0 aliphatic rings. The molecule has 3 rings (SSSR count). The van der Waals surface area contributed by atoms with Crippen molar-refractivity contribution in [2.45, 2.75) is 13.5 Å². The van der Waals surface area contributed by atoms with Gasteiger partial charge < -0.3 is 10.1 Å². The molecule has 0 radical (unpaired) electrons. The highest BCUT2D eigenvalue weighted by Crippen LogP contribution is 2.31. The van der Waals surface area contributed by atoms with E-state index in [1.54, 1.807) is 18.4 Å². The van der Waals surface area contributed by atoms with E-state index in [0.717, 1.165) is 27.7 Å². The minimum absolute atomic E-state index is 0.645. The molecule has 0 spiro atoms. The lowest BCUT2D eigenvalue weighted by molar-refractivity contribution is 0.416. The molecule has 0 aliphatic carbocycles. The van der Waals surface area contributed by atoms with Gasteiger partial charge >= 0.3 is 0 Å². The number of methoxy groups -OCH3 is 1. The van der Waals surface area contributed by atoms with Crippen molar-refractivity contribution >= 4 is 33.6 Å². The maximum atomic E-state index is 6.10. The largest absolute Gasteiger partial charge is 0.495 e. The van der Waals surface area contributed by atoms with Crippen LogP contribution >= 0.6 is 22.9 Å². The molecule has 0 saturated carbocycles. The van der Waals surface area contributed by atoms with Gasteiger partial charge in [-0.3, -0.25) is 4.40 Å². The Morgan fingerprint density at radius 1 is 1.45 bits per heavy atom. The molecule has 104 valence electrons. The average molecular weight is 308 g/mol. The molecular formula is C14H14ClN3OS. The number of nitrogens with one attached hydrogen (secondary N) is 1. The number of halogens is 1. The van der Waals surface area contributed by atoms with Crippen LogP contribution in [0.1, 0.15) is 11.3 Å². The van der Waals surface area contributed by atoms with Crippen molar-refractivity contribution < 1.29 is 4.74 Å². The molecule has 4 nitrogen and oxygen atoms in total. The Labute approximate surface area is 126 Å². The van der Waals surface area contributed by atoms with E-state index < -0.39 is 0 Å². The summed E-state index contributed by atoms with van der Waals surface area (Å²) in [6.45, 7) is 2.62. The van der Waals surface area contributed by atoms with Crippen molar-refractivity contribution in [2.75, 3.05) is 12.4 Å². The van der Waals surface area contributed by atoms with E-state index in [2.05, 4.69) is 10.3 Å². The van der Waals surface area contributed by atoms with Crippen LogP contribution in [0.4, 0.5) is 5.69 Å². The Morgan fingerprint density at radius 2 is 2.30 bits per heavy atom. The van der Waals surface area contributed by atoms with Crippen molar-refractivity contribution in [3.63, 3.8) is 0 Å². The first kappa shape index (κ1) is 13.3. The van der Waals surface area contributed by atoms with Crippen LogP contribution in [0.5, 0.6) is 5.75 Å². The normalized spacial score (nSPS) is 10.9. The zero-order chi connectivity index (χ0) is 14.1. The Bertz CT molecular complexity index is 722. The molecule has 20 heavy (non-hydrogen) atoms. The number of aryl methyl sites for hydroxylation is 1. The van der Waals surface area contributed by atoms with Gasteiger partial charge in [-0.2, -0.15) is 0 Å². The summed E-state index contributed by atoms with van der Waals surface area (Å²) in [4.78, 5) is 5.54.